The van der Waals surface area contributed by atoms with E-state index in [1.807, 2.05) is 12.1 Å². The smallest absolute Gasteiger partial charge is 0.124 e. The second kappa shape index (κ2) is 5.72. The summed E-state index contributed by atoms with van der Waals surface area (Å²) >= 11 is 12.0. The minimum atomic E-state index is 0.455. The summed E-state index contributed by atoms with van der Waals surface area (Å²) in [5.74, 6) is 2.29. The van der Waals surface area contributed by atoms with Crippen molar-refractivity contribution >= 4 is 34.2 Å². The lowest BCUT2D eigenvalue weighted by molar-refractivity contribution is 0.458. The zero-order valence-electron chi connectivity index (χ0n) is 10.9. The number of halogens is 2. The number of benzene rings is 1. The number of hydrogen-bond acceptors (Lipinski definition) is 1. The van der Waals surface area contributed by atoms with Gasteiger partial charge >= 0.3 is 0 Å². The molecule has 0 atom stereocenters. The zero-order chi connectivity index (χ0) is 13.2. The summed E-state index contributed by atoms with van der Waals surface area (Å²) in [5, 5.41) is 0.731. The van der Waals surface area contributed by atoms with Crippen LogP contribution in [0.3, 0.4) is 0 Å². The van der Waals surface area contributed by atoms with Gasteiger partial charge in [0, 0.05) is 11.6 Å². The molecule has 0 unspecified atom stereocenters. The molecule has 4 heteroatoms. The van der Waals surface area contributed by atoms with E-state index in [2.05, 4.69) is 15.6 Å². The van der Waals surface area contributed by atoms with Crippen LogP contribution in [0.2, 0.25) is 5.02 Å². The van der Waals surface area contributed by atoms with E-state index in [0.717, 1.165) is 34.3 Å². The van der Waals surface area contributed by atoms with Crippen LogP contribution in [0.5, 0.6) is 0 Å². The first-order valence-corrected chi connectivity index (χ1v) is 7.90. The zero-order valence-corrected chi connectivity index (χ0v) is 12.4. The monoisotopic (exact) mass is 296 g/mol. The fourth-order valence-corrected chi connectivity index (χ4v) is 3.49. The Kier molecular flexibility index (Phi) is 3.99. The van der Waals surface area contributed by atoms with Crippen LogP contribution in [0, 0.1) is 5.92 Å². The van der Waals surface area contributed by atoms with E-state index >= 15 is 0 Å². The number of nitrogens with zero attached hydrogens (tertiary/aromatic N) is 2. The van der Waals surface area contributed by atoms with Crippen molar-refractivity contribution in [3.63, 3.8) is 0 Å². The van der Waals surface area contributed by atoms with E-state index in [9.17, 15) is 0 Å². The fraction of sp³-hybridized carbons (Fsp3) is 0.533. The predicted octanol–water partition coefficient (Wildman–Crippen LogP) is 5.01. The third-order valence-electron chi connectivity index (χ3n) is 4.14. The lowest BCUT2D eigenvalue weighted by atomic mass is 10.0. The molecule has 3 rings (SSSR count). The molecule has 1 aromatic heterocycles. The Morgan fingerprint density at radius 3 is 2.79 bits per heavy atom. The Balaban J connectivity index is 1.87. The molecule has 0 bridgehead atoms. The van der Waals surface area contributed by atoms with E-state index < -0.39 is 0 Å². The largest absolute Gasteiger partial charge is 0.327 e. The standard InChI is InChI=1S/C15H18Cl2N2/c16-10-15-18-13-9-12(17)5-6-14(13)19(15)8-7-11-3-1-2-4-11/h5-6,9,11H,1-4,7-8,10H2. The van der Waals surface area contributed by atoms with Gasteiger partial charge in [0.15, 0.2) is 0 Å². The van der Waals surface area contributed by atoms with Crippen LogP contribution in [-0.2, 0) is 12.4 Å². The van der Waals surface area contributed by atoms with Gasteiger partial charge in [-0.1, -0.05) is 37.3 Å². The number of hydrogen-bond donors (Lipinski definition) is 0. The van der Waals surface area contributed by atoms with Crippen molar-refractivity contribution in [3.05, 3.63) is 29.0 Å². The molecule has 0 amide bonds. The molecule has 1 aliphatic rings. The number of aromatic nitrogens is 2. The number of imidazole rings is 1. The van der Waals surface area contributed by atoms with Gasteiger partial charge in [0.05, 0.1) is 16.9 Å². The highest BCUT2D eigenvalue weighted by atomic mass is 35.5. The summed E-state index contributed by atoms with van der Waals surface area (Å²) in [4.78, 5) is 4.58. The number of rotatable bonds is 4. The second-order valence-electron chi connectivity index (χ2n) is 5.39. The minimum Gasteiger partial charge on any atom is -0.327 e. The molecule has 1 aromatic carbocycles. The molecule has 0 aliphatic heterocycles. The Bertz CT molecular complexity index is 571. The van der Waals surface area contributed by atoms with Gasteiger partial charge in [-0.05, 0) is 30.5 Å². The maximum absolute atomic E-state index is 6.02. The minimum absolute atomic E-state index is 0.455. The molecule has 1 fully saturated rings. The number of aryl methyl sites for hydroxylation is 1. The molecule has 1 aliphatic carbocycles. The summed E-state index contributed by atoms with van der Waals surface area (Å²) in [6.07, 6.45) is 6.79. The van der Waals surface area contributed by atoms with E-state index in [0.29, 0.717) is 5.88 Å². The highest BCUT2D eigenvalue weighted by Crippen LogP contribution is 2.29. The molecule has 102 valence electrons. The van der Waals surface area contributed by atoms with Gasteiger partial charge in [0.2, 0.25) is 0 Å². The highest BCUT2D eigenvalue weighted by Gasteiger charge is 2.16. The molecule has 2 aromatic rings. The van der Waals surface area contributed by atoms with Crippen molar-refractivity contribution < 1.29 is 0 Å². The summed E-state index contributed by atoms with van der Waals surface area (Å²) < 4.78 is 2.26. The fourth-order valence-electron chi connectivity index (χ4n) is 3.12. The van der Waals surface area contributed by atoms with Crippen LogP contribution >= 0.6 is 23.2 Å². The first-order valence-electron chi connectivity index (χ1n) is 6.98. The average molecular weight is 297 g/mol. The Hall–Kier alpha value is -0.730. The SMILES string of the molecule is ClCc1nc2cc(Cl)ccc2n1CCC1CCCC1. The molecule has 0 radical (unpaired) electrons. The van der Waals surface area contributed by atoms with Gasteiger partial charge in [0.1, 0.15) is 5.82 Å². The molecule has 0 spiro atoms. The van der Waals surface area contributed by atoms with Crippen molar-refractivity contribution in [2.45, 2.75) is 44.5 Å². The van der Waals surface area contributed by atoms with Gasteiger partial charge in [-0.15, -0.1) is 11.6 Å². The lowest BCUT2D eigenvalue weighted by Crippen LogP contribution is -2.06. The molecular formula is C15H18Cl2N2. The Labute approximate surface area is 123 Å². The van der Waals surface area contributed by atoms with Gasteiger partial charge in [-0.25, -0.2) is 4.98 Å². The Morgan fingerprint density at radius 2 is 2.05 bits per heavy atom. The molecular weight excluding hydrogens is 279 g/mol. The van der Waals surface area contributed by atoms with Gasteiger partial charge < -0.3 is 4.57 Å². The van der Waals surface area contributed by atoms with Crippen molar-refractivity contribution in [1.29, 1.82) is 0 Å². The van der Waals surface area contributed by atoms with E-state index in [4.69, 9.17) is 23.2 Å². The molecule has 2 nitrogen and oxygen atoms in total. The molecule has 19 heavy (non-hydrogen) atoms. The summed E-state index contributed by atoms with van der Waals surface area (Å²) in [6.45, 7) is 1.02. The van der Waals surface area contributed by atoms with Crippen molar-refractivity contribution in [3.8, 4) is 0 Å². The summed E-state index contributed by atoms with van der Waals surface area (Å²) in [7, 11) is 0. The van der Waals surface area contributed by atoms with Crippen LogP contribution in [0.1, 0.15) is 37.9 Å². The van der Waals surface area contributed by atoms with Crippen LogP contribution in [0.4, 0.5) is 0 Å². The third kappa shape index (κ3) is 2.75. The van der Waals surface area contributed by atoms with Gasteiger partial charge in [0.25, 0.3) is 0 Å². The van der Waals surface area contributed by atoms with E-state index in [-0.39, 0.29) is 0 Å². The maximum Gasteiger partial charge on any atom is 0.124 e. The van der Waals surface area contributed by atoms with E-state index in [1.54, 1.807) is 0 Å². The van der Waals surface area contributed by atoms with Crippen LogP contribution in [0.25, 0.3) is 11.0 Å². The van der Waals surface area contributed by atoms with Gasteiger partial charge in [-0.3, -0.25) is 0 Å². The molecule has 0 saturated heterocycles. The average Bonchev–Trinajstić information content (AvgIpc) is 3.02. The summed E-state index contributed by atoms with van der Waals surface area (Å²) in [5.41, 5.74) is 2.10. The van der Waals surface area contributed by atoms with Crippen molar-refractivity contribution in [2.24, 2.45) is 5.92 Å². The number of fused-ring (bicyclic) bond motifs is 1. The summed E-state index contributed by atoms with van der Waals surface area (Å²) in [6, 6.07) is 5.89. The second-order valence-corrected chi connectivity index (χ2v) is 6.09. The van der Waals surface area contributed by atoms with E-state index in [1.165, 1.54) is 32.1 Å². The Morgan fingerprint density at radius 1 is 1.26 bits per heavy atom. The number of alkyl halides is 1. The lowest BCUT2D eigenvalue weighted by Gasteiger charge is -2.12. The quantitative estimate of drug-likeness (QED) is 0.725. The molecule has 1 heterocycles. The van der Waals surface area contributed by atoms with Crippen molar-refractivity contribution in [1.82, 2.24) is 9.55 Å². The highest BCUT2D eigenvalue weighted by molar-refractivity contribution is 6.31. The molecule has 0 N–H and O–H groups in total. The first-order chi connectivity index (χ1) is 9.28. The topological polar surface area (TPSA) is 17.8 Å². The van der Waals surface area contributed by atoms with Crippen LogP contribution in [-0.4, -0.2) is 9.55 Å². The van der Waals surface area contributed by atoms with Gasteiger partial charge in [-0.2, -0.15) is 0 Å². The normalized spacial score (nSPS) is 16.5. The first kappa shape index (κ1) is 13.3. The van der Waals surface area contributed by atoms with Crippen LogP contribution < -0.4 is 0 Å². The molecule has 1 saturated carbocycles. The third-order valence-corrected chi connectivity index (χ3v) is 4.62. The van der Waals surface area contributed by atoms with Crippen molar-refractivity contribution in [2.75, 3.05) is 0 Å². The maximum atomic E-state index is 6.02. The van der Waals surface area contributed by atoms with Crippen LogP contribution in [0.15, 0.2) is 18.2 Å². The predicted molar refractivity (Wildman–Crippen MR) is 80.9 cm³/mol.